The van der Waals surface area contributed by atoms with Crippen molar-refractivity contribution in [1.82, 2.24) is 9.78 Å². The van der Waals surface area contributed by atoms with Crippen LogP contribution in [0.1, 0.15) is 15.3 Å². The van der Waals surface area contributed by atoms with Crippen molar-refractivity contribution in [3.63, 3.8) is 0 Å². The predicted molar refractivity (Wildman–Crippen MR) is 84.2 cm³/mol. The van der Waals surface area contributed by atoms with Gasteiger partial charge in [-0.15, -0.1) is 11.3 Å². The van der Waals surface area contributed by atoms with E-state index in [0.29, 0.717) is 0 Å². The first-order chi connectivity index (χ1) is 9.81. The van der Waals surface area contributed by atoms with Gasteiger partial charge in [0, 0.05) is 34.4 Å². The van der Waals surface area contributed by atoms with E-state index in [1.807, 2.05) is 34.5 Å². The van der Waals surface area contributed by atoms with Gasteiger partial charge in [-0.2, -0.15) is 5.10 Å². The normalized spacial score (nSPS) is 10.7. The van der Waals surface area contributed by atoms with Crippen molar-refractivity contribution >= 4 is 17.0 Å². The van der Waals surface area contributed by atoms with Gasteiger partial charge in [-0.1, -0.05) is 18.2 Å². The van der Waals surface area contributed by atoms with Crippen LogP contribution in [0.3, 0.4) is 0 Å². The lowest BCUT2D eigenvalue weighted by atomic mass is 10.1. The van der Waals surface area contributed by atoms with Crippen LogP contribution in [0, 0.1) is 6.92 Å². The number of hydrogen-bond donors (Lipinski definition) is 1. The Kier molecular flexibility index (Phi) is 3.83. The van der Waals surface area contributed by atoms with Gasteiger partial charge in [0.1, 0.15) is 0 Å². The number of para-hydroxylation sites is 1. The molecule has 0 atom stereocenters. The number of anilines is 1. The summed E-state index contributed by atoms with van der Waals surface area (Å²) in [6, 6.07) is 14.7. The number of benzene rings is 1. The number of nitrogens with zero attached hydrogens (tertiary/aromatic N) is 2. The largest absolute Gasteiger partial charge is 0.380 e. The summed E-state index contributed by atoms with van der Waals surface area (Å²) >= 11 is 1.84. The molecule has 0 radical (unpaired) electrons. The molecular weight excluding hydrogens is 266 g/mol. The number of nitrogens with one attached hydrogen (secondary N) is 1. The van der Waals surface area contributed by atoms with E-state index in [2.05, 4.69) is 53.7 Å². The lowest BCUT2D eigenvalue weighted by Crippen LogP contribution is -2.05. The molecule has 2 aromatic heterocycles. The highest BCUT2D eigenvalue weighted by atomic mass is 32.1. The summed E-state index contributed by atoms with van der Waals surface area (Å²) < 4.78 is 1.94. The molecule has 0 aliphatic rings. The van der Waals surface area contributed by atoms with E-state index in [9.17, 15) is 0 Å². The number of hydrogen-bond acceptors (Lipinski definition) is 3. The molecule has 0 saturated heterocycles. The Bertz CT molecular complexity index is 671. The van der Waals surface area contributed by atoms with E-state index < -0.39 is 0 Å². The van der Waals surface area contributed by atoms with Crippen molar-refractivity contribution in [3.05, 3.63) is 70.2 Å². The van der Waals surface area contributed by atoms with Crippen molar-refractivity contribution in [2.45, 2.75) is 20.0 Å². The molecule has 0 fully saturated rings. The lowest BCUT2D eigenvalue weighted by Gasteiger charge is -2.11. The van der Waals surface area contributed by atoms with Gasteiger partial charge in [0.05, 0.1) is 6.54 Å². The highest BCUT2D eigenvalue weighted by Gasteiger charge is 2.03. The molecule has 0 bridgehead atoms. The van der Waals surface area contributed by atoms with E-state index in [1.54, 1.807) is 0 Å². The van der Waals surface area contributed by atoms with Crippen molar-refractivity contribution in [3.8, 4) is 0 Å². The first-order valence-corrected chi connectivity index (χ1v) is 7.47. The van der Waals surface area contributed by atoms with E-state index in [0.717, 1.165) is 13.1 Å². The molecule has 0 amide bonds. The van der Waals surface area contributed by atoms with Crippen LogP contribution in [0.15, 0.2) is 54.9 Å². The van der Waals surface area contributed by atoms with Gasteiger partial charge in [0.25, 0.3) is 0 Å². The molecule has 1 aromatic carbocycles. The standard InChI is InChI=1S/C16H17N3S/c1-13-7-8-15(20-13)11-17-16-6-3-2-5-14(16)12-19-10-4-9-18-19/h2-10,17H,11-12H2,1H3. The summed E-state index contributed by atoms with van der Waals surface area (Å²) in [7, 11) is 0. The second kappa shape index (κ2) is 5.92. The van der Waals surface area contributed by atoms with Crippen molar-refractivity contribution < 1.29 is 0 Å². The fourth-order valence-corrected chi connectivity index (χ4v) is 2.99. The zero-order chi connectivity index (χ0) is 13.8. The summed E-state index contributed by atoms with van der Waals surface area (Å²) in [4.78, 5) is 2.71. The van der Waals surface area contributed by atoms with Crippen LogP contribution in [0.5, 0.6) is 0 Å². The van der Waals surface area contributed by atoms with Crippen LogP contribution in [-0.2, 0) is 13.1 Å². The first-order valence-electron chi connectivity index (χ1n) is 6.66. The Morgan fingerprint density at radius 2 is 2.05 bits per heavy atom. The molecule has 3 rings (SSSR count). The van der Waals surface area contributed by atoms with Crippen LogP contribution in [0.2, 0.25) is 0 Å². The minimum atomic E-state index is 0.791. The Morgan fingerprint density at radius 3 is 2.80 bits per heavy atom. The van der Waals surface area contributed by atoms with Crippen molar-refractivity contribution in [2.75, 3.05) is 5.32 Å². The molecule has 0 spiro atoms. The van der Waals surface area contributed by atoms with Gasteiger partial charge in [0.15, 0.2) is 0 Å². The van der Waals surface area contributed by atoms with Crippen LogP contribution in [-0.4, -0.2) is 9.78 Å². The second-order valence-electron chi connectivity index (χ2n) is 4.73. The van der Waals surface area contributed by atoms with Gasteiger partial charge in [-0.25, -0.2) is 0 Å². The van der Waals surface area contributed by atoms with Gasteiger partial charge >= 0.3 is 0 Å². The van der Waals surface area contributed by atoms with Crippen LogP contribution >= 0.6 is 11.3 Å². The molecule has 0 unspecified atom stereocenters. The number of thiophene rings is 1. The highest BCUT2D eigenvalue weighted by Crippen LogP contribution is 2.20. The van der Waals surface area contributed by atoms with Crippen molar-refractivity contribution in [2.24, 2.45) is 0 Å². The number of aromatic nitrogens is 2. The maximum absolute atomic E-state index is 4.27. The summed E-state index contributed by atoms with van der Waals surface area (Å²) in [5.74, 6) is 0. The Hall–Kier alpha value is -2.07. The molecule has 0 aliphatic carbocycles. The van der Waals surface area contributed by atoms with Gasteiger partial charge in [-0.3, -0.25) is 4.68 Å². The number of rotatable bonds is 5. The van der Waals surface area contributed by atoms with Crippen LogP contribution in [0.25, 0.3) is 0 Å². The molecule has 3 nitrogen and oxygen atoms in total. The van der Waals surface area contributed by atoms with Crippen molar-refractivity contribution in [1.29, 1.82) is 0 Å². The smallest absolute Gasteiger partial charge is 0.0679 e. The molecule has 4 heteroatoms. The first kappa shape index (κ1) is 12.9. The third-order valence-corrected chi connectivity index (χ3v) is 4.16. The molecule has 102 valence electrons. The minimum absolute atomic E-state index is 0.791. The predicted octanol–water partition coefficient (Wildman–Crippen LogP) is 3.91. The zero-order valence-corrected chi connectivity index (χ0v) is 12.2. The summed E-state index contributed by atoms with van der Waals surface area (Å²) in [6.07, 6.45) is 3.80. The Morgan fingerprint density at radius 1 is 1.15 bits per heavy atom. The molecule has 20 heavy (non-hydrogen) atoms. The SMILES string of the molecule is Cc1ccc(CNc2ccccc2Cn2cccn2)s1. The molecule has 1 N–H and O–H groups in total. The third-order valence-electron chi connectivity index (χ3n) is 3.16. The van der Waals surface area contributed by atoms with Gasteiger partial charge in [-0.05, 0) is 36.8 Å². The zero-order valence-electron chi connectivity index (χ0n) is 11.4. The fraction of sp³-hybridized carbons (Fsp3) is 0.188. The van der Waals surface area contributed by atoms with Gasteiger partial charge < -0.3 is 5.32 Å². The van der Waals surface area contributed by atoms with E-state index in [1.165, 1.54) is 21.0 Å². The average molecular weight is 283 g/mol. The van der Waals surface area contributed by atoms with E-state index >= 15 is 0 Å². The average Bonchev–Trinajstić information content (AvgIpc) is 3.10. The quantitative estimate of drug-likeness (QED) is 0.769. The Balaban J connectivity index is 1.72. The fourth-order valence-electron chi connectivity index (χ4n) is 2.16. The van der Waals surface area contributed by atoms with E-state index in [4.69, 9.17) is 0 Å². The lowest BCUT2D eigenvalue weighted by molar-refractivity contribution is 0.687. The maximum Gasteiger partial charge on any atom is 0.0679 e. The highest BCUT2D eigenvalue weighted by molar-refractivity contribution is 7.11. The summed E-state index contributed by atoms with van der Waals surface area (Å²) in [6.45, 7) is 3.80. The maximum atomic E-state index is 4.27. The third kappa shape index (κ3) is 3.08. The molecule has 3 aromatic rings. The Labute approximate surface area is 122 Å². The molecule has 2 heterocycles. The molecular formula is C16H17N3S. The van der Waals surface area contributed by atoms with Crippen LogP contribution in [0.4, 0.5) is 5.69 Å². The topological polar surface area (TPSA) is 29.9 Å². The summed E-state index contributed by atoms with van der Waals surface area (Å²) in [5, 5.41) is 7.79. The van der Waals surface area contributed by atoms with E-state index in [-0.39, 0.29) is 0 Å². The monoisotopic (exact) mass is 283 g/mol. The van der Waals surface area contributed by atoms with Gasteiger partial charge in [0.2, 0.25) is 0 Å². The minimum Gasteiger partial charge on any atom is -0.380 e. The molecule has 0 saturated carbocycles. The second-order valence-corrected chi connectivity index (χ2v) is 6.10. The van der Waals surface area contributed by atoms with Crippen LogP contribution < -0.4 is 5.32 Å². The summed E-state index contributed by atoms with van der Waals surface area (Å²) in [5.41, 5.74) is 2.43. The number of aryl methyl sites for hydroxylation is 1. The molecule has 0 aliphatic heterocycles.